The highest BCUT2D eigenvalue weighted by Gasteiger charge is 2.16. The Morgan fingerprint density at radius 2 is 0.683 bits per heavy atom. The molecule has 0 spiro atoms. The molecular weight excluding hydrogens is 777 g/mol. The van der Waals surface area contributed by atoms with Gasteiger partial charge in [0.1, 0.15) is 6.61 Å². The van der Waals surface area contributed by atoms with Gasteiger partial charge in [-0.1, -0.05) is 274 Å². The summed E-state index contributed by atoms with van der Waals surface area (Å²) in [4.78, 5) is 24.2. The molecule has 1 atom stereocenters. The predicted molar refractivity (Wildman–Crippen MR) is 274 cm³/mol. The zero-order chi connectivity index (χ0) is 45.6. The molecule has 0 aliphatic rings. The first kappa shape index (κ1) is 60.9. The van der Waals surface area contributed by atoms with E-state index in [0.717, 1.165) is 64.2 Å². The number of aliphatic hydroxyl groups is 1. The van der Waals surface area contributed by atoms with Gasteiger partial charge in [0, 0.05) is 12.8 Å². The van der Waals surface area contributed by atoms with Gasteiger partial charge in [-0.2, -0.15) is 0 Å². The normalized spacial score (nSPS) is 12.5. The molecule has 0 aromatic carbocycles. The second-order valence-corrected chi connectivity index (χ2v) is 18.6. The van der Waals surface area contributed by atoms with E-state index >= 15 is 0 Å². The molecule has 368 valence electrons. The van der Waals surface area contributed by atoms with E-state index in [1.807, 2.05) is 0 Å². The molecule has 0 rings (SSSR count). The molecule has 63 heavy (non-hydrogen) atoms. The van der Waals surface area contributed by atoms with Crippen LogP contribution in [0.1, 0.15) is 290 Å². The zero-order valence-electron chi connectivity index (χ0n) is 42.1. The Bertz CT molecular complexity index is 1040. The average molecular weight is 883 g/mol. The van der Waals surface area contributed by atoms with Gasteiger partial charge >= 0.3 is 11.9 Å². The second kappa shape index (κ2) is 54.2. The van der Waals surface area contributed by atoms with Crippen LogP contribution in [0, 0.1) is 0 Å². The van der Waals surface area contributed by atoms with Gasteiger partial charge in [-0.05, 0) is 51.4 Å². The predicted octanol–water partition coefficient (Wildman–Crippen LogP) is 18.5. The number of unbranched alkanes of at least 4 members (excludes halogenated alkanes) is 35. The highest BCUT2D eigenvalue weighted by Crippen LogP contribution is 2.17. The molecule has 0 fully saturated rings. The van der Waals surface area contributed by atoms with Gasteiger partial charge in [0.2, 0.25) is 0 Å². The topological polar surface area (TPSA) is 72.8 Å². The fourth-order valence-corrected chi connectivity index (χ4v) is 8.26. The van der Waals surface area contributed by atoms with E-state index < -0.39 is 6.10 Å². The van der Waals surface area contributed by atoms with E-state index in [2.05, 4.69) is 62.5 Å². The molecule has 0 aromatic rings. The summed E-state index contributed by atoms with van der Waals surface area (Å²) >= 11 is 0. The van der Waals surface area contributed by atoms with Gasteiger partial charge in [-0.3, -0.25) is 9.59 Å². The summed E-state index contributed by atoms with van der Waals surface area (Å²) in [6.45, 7) is 4.01. The summed E-state index contributed by atoms with van der Waals surface area (Å²) in [5.41, 5.74) is 0. The van der Waals surface area contributed by atoms with Crippen LogP contribution in [0.4, 0.5) is 0 Å². The van der Waals surface area contributed by atoms with Crippen molar-refractivity contribution < 1.29 is 24.2 Å². The van der Waals surface area contributed by atoms with E-state index in [0.29, 0.717) is 12.8 Å². The van der Waals surface area contributed by atoms with Crippen LogP contribution < -0.4 is 0 Å². The van der Waals surface area contributed by atoms with Crippen LogP contribution in [0.3, 0.4) is 0 Å². The lowest BCUT2D eigenvalue weighted by Gasteiger charge is -2.15. The number of allylic oxidation sites excluding steroid dienone is 8. The molecule has 0 saturated carbocycles. The first-order valence-corrected chi connectivity index (χ1v) is 27.7. The molecule has 0 radical (unpaired) electrons. The quantitative estimate of drug-likeness (QED) is 0.0374. The van der Waals surface area contributed by atoms with Crippen molar-refractivity contribution in [3.8, 4) is 0 Å². The summed E-state index contributed by atoms with van der Waals surface area (Å²) in [6.07, 6.45) is 71.3. The van der Waals surface area contributed by atoms with Crippen molar-refractivity contribution >= 4 is 11.9 Å². The largest absolute Gasteiger partial charge is 0.462 e. The Kier molecular flexibility index (Phi) is 52.4. The number of esters is 2. The molecule has 5 heteroatoms. The Labute approximate surface area is 392 Å². The molecule has 0 aliphatic heterocycles. The Balaban J connectivity index is 3.32. The van der Waals surface area contributed by atoms with Crippen molar-refractivity contribution in [3.05, 3.63) is 48.6 Å². The van der Waals surface area contributed by atoms with Crippen molar-refractivity contribution in [2.75, 3.05) is 13.2 Å². The van der Waals surface area contributed by atoms with E-state index in [1.54, 1.807) is 0 Å². The van der Waals surface area contributed by atoms with Crippen LogP contribution in [0.2, 0.25) is 0 Å². The number of hydrogen-bond donors (Lipinski definition) is 1. The summed E-state index contributed by atoms with van der Waals surface area (Å²) in [5.74, 6) is -0.582. The maximum absolute atomic E-state index is 12.2. The van der Waals surface area contributed by atoms with Crippen LogP contribution >= 0.6 is 0 Å². The van der Waals surface area contributed by atoms with E-state index in [4.69, 9.17) is 9.47 Å². The molecule has 5 nitrogen and oxygen atoms in total. The van der Waals surface area contributed by atoms with Crippen molar-refractivity contribution in [2.45, 2.75) is 296 Å². The molecular formula is C58H106O5. The van der Waals surface area contributed by atoms with Crippen LogP contribution in [-0.4, -0.2) is 36.4 Å². The highest BCUT2D eigenvalue weighted by molar-refractivity contribution is 5.70. The summed E-state index contributed by atoms with van der Waals surface area (Å²) in [7, 11) is 0. The fraction of sp³-hybridized carbons (Fsp3) is 0.828. The monoisotopic (exact) mass is 883 g/mol. The molecule has 0 aliphatic carbocycles. The third-order valence-corrected chi connectivity index (χ3v) is 12.4. The summed E-state index contributed by atoms with van der Waals surface area (Å²) in [6, 6.07) is 0. The standard InChI is InChI=1S/C58H106O5/c1-3-5-7-9-11-13-14-15-16-17-18-19-20-21-22-23-24-25-26-27-28-29-30-31-32-33-34-35-36-37-38-39-40-41-42-43-44-45-47-49-51-53-58(61)63-56(54-59)55-62-57(60)52-50-48-46-12-10-8-6-4-2/h5,7,11,13,15-16,18-19,56,59H,3-4,6,8-10,12,14,17,20-55H2,1-2H3/b7-5-,13-11-,16-15-,19-18-. The van der Waals surface area contributed by atoms with Gasteiger partial charge in [0.25, 0.3) is 0 Å². The lowest BCUT2D eigenvalue weighted by Crippen LogP contribution is -2.28. The van der Waals surface area contributed by atoms with Gasteiger partial charge in [0.05, 0.1) is 6.61 Å². The molecule has 0 bridgehead atoms. The van der Waals surface area contributed by atoms with Crippen LogP contribution in [0.15, 0.2) is 48.6 Å². The number of carbonyl (C=O) groups is 2. The van der Waals surface area contributed by atoms with Gasteiger partial charge in [-0.25, -0.2) is 0 Å². The minimum atomic E-state index is -0.764. The van der Waals surface area contributed by atoms with E-state index in [1.165, 1.54) is 199 Å². The van der Waals surface area contributed by atoms with E-state index in [-0.39, 0.29) is 25.2 Å². The number of ether oxygens (including phenoxy) is 2. The van der Waals surface area contributed by atoms with Crippen molar-refractivity contribution in [1.29, 1.82) is 0 Å². The van der Waals surface area contributed by atoms with Crippen LogP contribution in [0.25, 0.3) is 0 Å². The molecule has 0 heterocycles. The minimum Gasteiger partial charge on any atom is -0.462 e. The van der Waals surface area contributed by atoms with Gasteiger partial charge in [-0.15, -0.1) is 0 Å². The average Bonchev–Trinajstić information content (AvgIpc) is 3.29. The SMILES string of the molecule is CC/C=C\C/C=C\C/C=C\C/C=C\CCCCCCCCCCCCCCCCCCCCCCCCCCCCCCC(=O)OC(CO)COC(=O)CCCCCCCCCC. The Morgan fingerprint density at radius 3 is 1.03 bits per heavy atom. The van der Waals surface area contributed by atoms with Crippen molar-refractivity contribution in [1.82, 2.24) is 0 Å². The summed E-state index contributed by atoms with van der Waals surface area (Å²) in [5, 5.41) is 9.56. The van der Waals surface area contributed by atoms with Crippen LogP contribution in [0.5, 0.6) is 0 Å². The van der Waals surface area contributed by atoms with Gasteiger partial charge < -0.3 is 14.6 Å². The lowest BCUT2D eigenvalue weighted by atomic mass is 10.0. The lowest BCUT2D eigenvalue weighted by molar-refractivity contribution is -0.161. The zero-order valence-corrected chi connectivity index (χ0v) is 42.1. The first-order chi connectivity index (χ1) is 31.1. The molecule has 0 amide bonds. The molecule has 1 unspecified atom stereocenters. The maximum atomic E-state index is 12.2. The third-order valence-electron chi connectivity index (χ3n) is 12.4. The number of aliphatic hydroxyl groups excluding tert-OH is 1. The third kappa shape index (κ3) is 52.4. The maximum Gasteiger partial charge on any atom is 0.306 e. The highest BCUT2D eigenvalue weighted by atomic mass is 16.6. The van der Waals surface area contributed by atoms with Crippen molar-refractivity contribution in [2.24, 2.45) is 0 Å². The first-order valence-electron chi connectivity index (χ1n) is 27.7. The smallest absolute Gasteiger partial charge is 0.306 e. The second-order valence-electron chi connectivity index (χ2n) is 18.6. The van der Waals surface area contributed by atoms with E-state index in [9.17, 15) is 14.7 Å². The Hall–Kier alpha value is -2.14. The Morgan fingerprint density at radius 1 is 0.381 bits per heavy atom. The fourth-order valence-electron chi connectivity index (χ4n) is 8.26. The van der Waals surface area contributed by atoms with Crippen LogP contribution in [-0.2, 0) is 19.1 Å². The molecule has 1 N–H and O–H groups in total. The number of rotatable bonds is 51. The van der Waals surface area contributed by atoms with Gasteiger partial charge in [0.15, 0.2) is 6.10 Å². The number of carbonyl (C=O) groups excluding carboxylic acids is 2. The van der Waals surface area contributed by atoms with Crippen molar-refractivity contribution in [3.63, 3.8) is 0 Å². The number of hydrogen-bond acceptors (Lipinski definition) is 5. The minimum absolute atomic E-state index is 0.0602. The molecule has 0 saturated heterocycles. The summed E-state index contributed by atoms with van der Waals surface area (Å²) < 4.78 is 10.6. The molecule has 0 aromatic heterocycles.